The third-order valence-corrected chi connectivity index (χ3v) is 5.72. The Kier molecular flexibility index (Phi) is 5.20. The summed E-state index contributed by atoms with van der Waals surface area (Å²) in [6, 6.07) is 11.0. The van der Waals surface area contributed by atoms with E-state index in [1.807, 2.05) is 39.0 Å². The van der Waals surface area contributed by atoms with Gasteiger partial charge in [-0.25, -0.2) is 9.78 Å². The van der Waals surface area contributed by atoms with Crippen molar-refractivity contribution in [3.8, 4) is 17.1 Å². The zero-order valence-electron chi connectivity index (χ0n) is 18.6. The summed E-state index contributed by atoms with van der Waals surface area (Å²) in [5.74, 6) is 0.680. The molecule has 0 spiro atoms. The Bertz CT molecular complexity index is 1440. The van der Waals surface area contributed by atoms with Crippen molar-refractivity contribution in [1.29, 1.82) is 0 Å². The van der Waals surface area contributed by atoms with Crippen molar-refractivity contribution < 1.29 is 18.8 Å². The minimum atomic E-state index is -0.714. The summed E-state index contributed by atoms with van der Waals surface area (Å²) in [5, 5.41) is 4.38. The molecule has 8 nitrogen and oxygen atoms in total. The maximum Gasteiger partial charge on any atom is 0.344 e. The number of hydrogen-bond donors (Lipinski definition) is 0. The molecule has 0 N–H and O–H groups in total. The number of carbonyl (C=O) groups excluding carboxylic acids is 1. The van der Waals surface area contributed by atoms with E-state index in [1.165, 1.54) is 11.8 Å². The number of rotatable bonds is 5. The lowest BCUT2D eigenvalue weighted by Crippen LogP contribution is -2.21. The summed E-state index contributed by atoms with van der Waals surface area (Å²) in [5.41, 5.74) is 3.35. The molecular formula is C25H23N3O5. The predicted molar refractivity (Wildman–Crippen MR) is 121 cm³/mol. The van der Waals surface area contributed by atoms with Crippen LogP contribution >= 0.6 is 0 Å². The van der Waals surface area contributed by atoms with E-state index in [9.17, 15) is 9.59 Å². The second-order valence-corrected chi connectivity index (χ2v) is 8.20. The monoisotopic (exact) mass is 445 g/mol. The molecule has 0 saturated carbocycles. The molecule has 1 atom stereocenters. The fraction of sp³-hybridized carbons (Fsp3) is 0.280. The van der Waals surface area contributed by atoms with Gasteiger partial charge in [0.2, 0.25) is 5.43 Å². The van der Waals surface area contributed by atoms with Crippen molar-refractivity contribution in [3.63, 3.8) is 0 Å². The standard InChI is InChI=1S/C25H23N3O5/c1-4-28-12-20(23(29)19-8-5-14(2)26-24(19)28)25(30)31-13-18-11-22(33-27-18)17-7-6-16-9-15(3)32-21(16)10-17/h5-8,10-12,15H,4,9,13H2,1-3H3. The zero-order chi connectivity index (χ0) is 23.1. The zero-order valence-corrected chi connectivity index (χ0v) is 18.6. The average Bonchev–Trinajstić information content (AvgIpc) is 3.42. The number of ether oxygens (including phenoxy) is 2. The molecule has 8 heteroatoms. The molecule has 168 valence electrons. The summed E-state index contributed by atoms with van der Waals surface area (Å²) in [6.45, 7) is 6.25. The van der Waals surface area contributed by atoms with E-state index in [2.05, 4.69) is 10.1 Å². The molecule has 0 aliphatic carbocycles. The highest BCUT2D eigenvalue weighted by molar-refractivity contribution is 5.93. The first-order valence-electron chi connectivity index (χ1n) is 10.9. The summed E-state index contributed by atoms with van der Waals surface area (Å²) < 4.78 is 18.4. The van der Waals surface area contributed by atoms with Gasteiger partial charge < -0.3 is 18.6 Å². The second-order valence-electron chi connectivity index (χ2n) is 8.20. The number of pyridine rings is 2. The van der Waals surface area contributed by atoms with Crippen LogP contribution in [0.25, 0.3) is 22.4 Å². The maximum atomic E-state index is 12.9. The van der Waals surface area contributed by atoms with Gasteiger partial charge in [0.15, 0.2) is 5.76 Å². The van der Waals surface area contributed by atoms with Gasteiger partial charge in [-0.15, -0.1) is 0 Å². The van der Waals surface area contributed by atoms with Crippen LogP contribution in [-0.2, 0) is 24.3 Å². The van der Waals surface area contributed by atoms with E-state index < -0.39 is 11.4 Å². The number of benzene rings is 1. The fourth-order valence-corrected chi connectivity index (χ4v) is 4.03. The predicted octanol–water partition coefficient (Wildman–Crippen LogP) is 4.06. The summed E-state index contributed by atoms with van der Waals surface area (Å²) in [7, 11) is 0. The van der Waals surface area contributed by atoms with Gasteiger partial charge in [0.25, 0.3) is 0 Å². The largest absolute Gasteiger partial charge is 0.490 e. The molecule has 4 heterocycles. The number of aromatic nitrogens is 3. The molecule has 4 aromatic rings. The summed E-state index contributed by atoms with van der Waals surface area (Å²) in [4.78, 5) is 30.0. The lowest BCUT2D eigenvalue weighted by Gasteiger charge is -2.10. The number of aryl methyl sites for hydroxylation is 2. The second kappa shape index (κ2) is 8.20. The van der Waals surface area contributed by atoms with Gasteiger partial charge in [-0.2, -0.15) is 0 Å². The topological polar surface area (TPSA) is 96.5 Å². The Balaban J connectivity index is 1.34. The van der Waals surface area contributed by atoms with Crippen LogP contribution in [0, 0.1) is 6.92 Å². The lowest BCUT2D eigenvalue weighted by atomic mass is 10.1. The quantitative estimate of drug-likeness (QED) is 0.427. The molecular weight excluding hydrogens is 422 g/mol. The van der Waals surface area contributed by atoms with Crippen molar-refractivity contribution >= 4 is 17.0 Å². The van der Waals surface area contributed by atoms with Gasteiger partial charge in [0.1, 0.15) is 35.4 Å². The van der Waals surface area contributed by atoms with Crippen molar-refractivity contribution in [1.82, 2.24) is 14.7 Å². The van der Waals surface area contributed by atoms with Crippen LogP contribution in [0.3, 0.4) is 0 Å². The number of fused-ring (bicyclic) bond motifs is 2. The molecule has 1 unspecified atom stereocenters. The van der Waals surface area contributed by atoms with Crippen LogP contribution in [0.4, 0.5) is 0 Å². The van der Waals surface area contributed by atoms with Crippen LogP contribution < -0.4 is 10.2 Å². The molecule has 5 rings (SSSR count). The van der Waals surface area contributed by atoms with E-state index in [0.717, 1.165) is 23.4 Å². The van der Waals surface area contributed by atoms with Gasteiger partial charge in [-0.3, -0.25) is 4.79 Å². The Morgan fingerprint density at radius 2 is 2.09 bits per heavy atom. The van der Waals surface area contributed by atoms with Crippen LogP contribution in [0.5, 0.6) is 5.75 Å². The highest BCUT2D eigenvalue weighted by Crippen LogP contribution is 2.33. The van der Waals surface area contributed by atoms with Crippen molar-refractivity contribution in [2.75, 3.05) is 0 Å². The van der Waals surface area contributed by atoms with Crippen LogP contribution in [0.1, 0.15) is 41.2 Å². The maximum absolute atomic E-state index is 12.9. The first-order chi connectivity index (χ1) is 15.9. The van der Waals surface area contributed by atoms with Gasteiger partial charge >= 0.3 is 5.97 Å². The molecule has 0 amide bonds. The number of hydrogen-bond acceptors (Lipinski definition) is 7. The number of nitrogens with zero attached hydrogens (tertiary/aromatic N) is 3. The highest BCUT2D eigenvalue weighted by Gasteiger charge is 2.21. The molecule has 1 aliphatic rings. The van der Waals surface area contributed by atoms with E-state index in [1.54, 1.807) is 22.8 Å². The van der Waals surface area contributed by atoms with Crippen LogP contribution in [0.2, 0.25) is 0 Å². The SMILES string of the molecule is CCn1cc(C(=O)OCc2cc(-c3ccc4c(c3)OC(C)C4)on2)c(=O)c2ccc(C)nc21. The van der Waals surface area contributed by atoms with Crippen LogP contribution in [0.15, 0.2) is 51.9 Å². The normalized spacial score (nSPS) is 14.8. The van der Waals surface area contributed by atoms with E-state index in [4.69, 9.17) is 14.0 Å². The Labute approximate surface area is 189 Å². The van der Waals surface area contributed by atoms with E-state index in [0.29, 0.717) is 29.0 Å². The molecule has 0 radical (unpaired) electrons. The van der Waals surface area contributed by atoms with Gasteiger partial charge in [0.05, 0.1) is 5.39 Å². The lowest BCUT2D eigenvalue weighted by molar-refractivity contribution is 0.0462. The number of esters is 1. The Hall–Kier alpha value is -3.94. The highest BCUT2D eigenvalue weighted by atomic mass is 16.5. The van der Waals surface area contributed by atoms with Crippen molar-refractivity contribution in [3.05, 3.63) is 75.3 Å². The Morgan fingerprint density at radius 3 is 2.91 bits per heavy atom. The van der Waals surface area contributed by atoms with Gasteiger partial charge in [-0.05, 0) is 44.5 Å². The van der Waals surface area contributed by atoms with Gasteiger partial charge in [0, 0.05) is 36.5 Å². The minimum Gasteiger partial charge on any atom is -0.490 e. The van der Waals surface area contributed by atoms with E-state index in [-0.39, 0.29) is 18.3 Å². The third-order valence-electron chi connectivity index (χ3n) is 5.72. The molecule has 0 fully saturated rings. The van der Waals surface area contributed by atoms with E-state index >= 15 is 0 Å². The molecule has 0 saturated heterocycles. The first kappa shape index (κ1) is 20.9. The summed E-state index contributed by atoms with van der Waals surface area (Å²) >= 11 is 0. The molecule has 0 bridgehead atoms. The summed E-state index contributed by atoms with van der Waals surface area (Å²) in [6.07, 6.45) is 2.54. The Morgan fingerprint density at radius 1 is 1.24 bits per heavy atom. The smallest absolute Gasteiger partial charge is 0.344 e. The van der Waals surface area contributed by atoms with Crippen LogP contribution in [-0.4, -0.2) is 26.8 Å². The van der Waals surface area contributed by atoms with Gasteiger partial charge in [-0.1, -0.05) is 17.3 Å². The van der Waals surface area contributed by atoms with Crippen molar-refractivity contribution in [2.24, 2.45) is 0 Å². The average molecular weight is 445 g/mol. The molecule has 33 heavy (non-hydrogen) atoms. The molecule has 1 aliphatic heterocycles. The third kappa shape index (κ3) is 3.88. The minimum absolute atomic E-state index is 0.0383. The number of carbonyl (C=O) groups is 1. The molecule has 1 aromatic carbocycles. The molecule has 3 aromatic heterocycles. The fourth-order valence-electron chi connectivity index (χ4n) is 4.03. The first-order valence-corrected chi connectivity index (χ1v) is 10.9. The van der Waals surface area contributed by atoms with Crippen molar-refractivity contribution in [2.45, 2.75) is 46.4 Å².